The number of Topliss-reactive ketones (excluding diaryl/α,β-unsaturated/α-hetero) is 1. The average Bonchev–Trinajstić information content (AvgIpc) is 2.74. The molecule has 0 aliphatic carbocycles. The molecule has 1 heterocycles. The number of carbonyl (C=O) groups is 3. The van der Waals surface area contributed by atoms with Gasteiger partial charge >= 0.3 is 0 Å². The molecule has 2 amide bonds. The first-order chi connectivity index (χ1) is 14.3. The quantitative estimate of drug-likeness (QED) is 0.671. The van der Waals surface area contributed by atoms with E-state index in [4.69, 9.17) is 9.47 Å². The summed E-state index contributed by atoms with van der Waals surface area (Å²) in [6.45, 7) is 4.77. The molecule has 0 fully saturated rings. The zero-order valence-electron chi connectivity index (χ0n) is 17.4. The summed E-state index contributed by atoms with van der Waals surface area (Å²) in [6, 6.07) is 12.1. The van der Waals surface area contributed by atoms with Crippen molar-refractivity contribution in [2.45, 2.75) is 26.7 Å². The van der Waals surface area contributed by atoms with Crippen LogP contribution in [0.25, 0.3) is 0 Å². The second-order valence-corrected chi connectivity index (χ2v) is 7.62. The van der Waals surface area contributed by atoms with Crippen LogP contribution in [0.4, 0.5) is 11.4 Å². The molecule has 2 aromatic carbocycles. The number of rotatable bonds is 8. The van der Waals surface area contributed by atoms with Crippen molar-refractivity contribution in [3.05, 3.63) is 48.0 Å². The number of amides is 2. The Bertz CT molecular complexity index is 937. The molecule has 0 unspecified atom stereocenters. The number of ketones is 1. The van der Waals surface area contributed by atoms with Gasteiger partial charge in [-0.3, -0.25) is 14.4 Å². The smallest absolute Gasteiger partial charge is 0.264 e. The van der Waals surface area contributed by atoms with Crippen LogP contribution < -0.4 is 19.7 Å². The Hall–Kier alpha value is -3.35. The van der Waals surface area contributed by atoms with Crippen LogP contribution in [0.2, 0.25) is 0 Å². The Balaban J connectivity index is 1.52. The third kappa shape index (κ3) is 5.37. The fourth-order valence-electron chi connectivity index (χ4n) is 2.94. The number of hydrogen-bond acceptors (Lipinski definition) is 5. The number of ether oxygens (including phenoxy) is 2. The van der Waals surface area contributed by atoms with Crippen LogP contribution in [0.3, 0.4) is 0 Å². The maximum Gasteiger partial charge on any atom is 0.264 e. The predicted octanol–water partition coefficient (Wildman–Crippen LogP) is 3.68. The molecule has 7 heteroatoms. The highest BCUT2D eigenvalue weighted by Crippen LogP contribution is 2.32. The Kier molecular flexibility index (Phi) is 6.72. The second kappa shape index (κ2) is 9.43. The van der Waals surface area contributed by atoms with Crippen molar-refractivity contribution in [1.29, 1.82) is 0 Å². The van der Waals surface area contributed by atoms with Crippen LogP contribution in [0.5, 0.6) is 11.5 Å². The summed E-state index contributed by atoms with van der Waals surface area (Å²) in [5.74, 6) is 1.16. The van der Waals surface area contributed by atoms with E-state index in [0.29, 0.717) is 35.2 Å². The Labute approximate surface area is 176 Å². The number of carbonyl (C=O) groups excluding carboxylic acids is 3. The van der Waals surface area contributed by atoms with Crippen molar-refractivity contribution in [1.82, 2.24) is 0 Å². The monoisotopic (exact) mass is 410 g/mol. The highest BCUT2D eigenvalue weighted by molar-refractivity contribution is 6.03. The van der Waals surface area contributed by atoms with Gasteiger partial charge < -0.3 is 19.7 Å². The Morgan fingerprint density at radius 1 is 1.13 bits per heavy atom. The van der Waals surface area contributed by atoms with E-state index in [1.807, 2.05) is 0 Å². The van der Waals surface area contributed by atoms with Crippen LogP contribution in [0.1, 0.15) is 37.0 Å². The lowest BCUT2D eigenvalue weighted by Gasteiger charge is -2.26. The first kappa shape index (κ1) is 21.4. The van der Waals surface area contributed by atoms with Crippen molar-refractivity contribution >= 4 is 29.0 Å². The lowest BCUT2D eigenvalue weighted by Crippen LogP contribution is -2.35. The molecule has 1 N–H and O–H groups in total. The lowest BCUT2D eigenvalue weighted by molar-refractivity contribution is -0.121. The van der Waals surface area contributed by atoms with Crippen LogP contribution in [0, 0.1) is 5.92 Å². The maximum atomic E-state index is 12.5. The molecule has 1 aliphatic rings. The van der Waals surface area contributed by atoms with Crippen molar-refractivity contribution in [2.24, 2.45) is 5.92 Å². The van der Waals surface area contributed by atoms with Gasteiger partial charge in [-0.2, -0.15) is 0 Å². The molecule has 7 nitrogen and oxygen atoms in total. The van der Waals surface area contributed by atoms with Gasteiger partial charge in [0.25, 0.3) is 5.91 Å². The van der Waals surface area contributed by atoms with Crippen molar-refractivity contribution in [3.8, 4) is 11.5 Å². The van der Waals surface area contributed by atoms with Crippen molar-refractivity contribution in [2.75, 3.05) is 30.5 Å². The number of hydrogen-bond donors (Lipinski definition) is 1. The molecule has 30 heavy (non-hydrogen) atoms. The van der Waals surface area contributed by atoms with Crippen LogP contribution in [-0.4, -0.2) is 37.9 Å². The highest BCUT2D eigenvalue weighted by Gasteiger charge is 2.23. The molecule has 0 aromatic heterocycles. The van der Waals surface area contributed by atoms with E-state index in [1.54, 1.807) is 49.5 Å². The van der Waals surface area contributed by atoms with E-state index in [1.165, 1.54) is 4.90 Å². The number of anilines is 2. The van der Waals surface area contributed by atoms with Gasteiger partial charge in [0.15, 0.2) is 12.4 Å². The average molecular weight is 410 g/mol. The van der Waals surface area contributed by atoms with Gasteiger partial charge in [-0.05, 0) is 48.4 Å². The van der Waals surface area contributed by atoms with E-state index >= 15 is 0 Å². The summed E-state index contributed by atoms with van der Waals surface area (Å²) in [5, 5.41) is 2.78. The number of nitrogens with zero attached hydrogens (tertiary/aromatic N) is 1. The topological polar surface area (TPSA) is 84.9 Å². The highest BCUT2D eigenvalue weighted by atomic mass is 16.5. The summed E-state index contributed by atoms with van der Waals surface area (Å²) in [5.41, 5.74) is 1.65. The van der Waals surface area contributed by atoms with Gasteiger partial charge in [-0.1, -0.05) is 13.8 Å². The molecular weight excluding hydrogens is 384 g/mol. The number of fused-ring (bicyclic) bond motifs is 1. The SMILES string of the molecule is CC(C)COc1ccc(NC(=O)CCC(=O)c2ccc3c(c2)N(C)C(=O)CO3)cc1. The van der Waals surface area contributed by atoms with E-state index in [0.717, 1.165) is 5.75 Å². The van der Waals surface area contributed by atoms with Crippen LogP contribution in [0.15, 0.2) is 42.5 Å². The molecule has 2 aromatic rings. The van der Waals surface area contributed by atoms with Gasteiger partial charge in [0, 0.05) is 31.1 Å². The molecule has 0 radical (unpaired) electrons. The first-order valence-corrected chi connectivity index (χ1v) is 9.93. The van der Waals surface area contributed by atoms with Crippen LogP contribution in [-0.2, 0) is 9.59 Å². The van der Waals surface area contributed by atoms with E-state index in [2.05, 4.69) is 19.2 Å². The molecule has 0 spiro atoms. The number of likely N-dealkylation sites (N-methyl/N-ethyl adjacent to an activating group) is 1. The number of nitrogens with one attached hydrogen (secondary N) is 1. The summed E-state index contributed by atoms with van der Waals surface area (Å²) in [4.78, 5) is 38.0. The summed E-state index contributed by atoms with van der Waals surface area (Å²) in [6.07, 6.45) is 0.130. The van der Waals surface area contributed by atoms with Gasteiger partial charge in [-0.25, -0.2) is 0 Å². The zero-order chi connectivity index (χ0) is 21.7. The maximum absolute atomic E-state index is 12.5. The first-order valence-electron chi connectivity index (χ1n) is 9.93. The van der Waals surface area contributed by atoms with Gasteiger partial charge in [0.05, 0.1) is 12.3 Å². The summed E-state index contributed by atoms with van der Waals surface area (Å²) < 4.78 is 11.0. The standard InChI is InChI=1S/C23H26N2O5/c1-15(2)13-29-18-7-5-17(6-8-18)24-22(27)11-9-20(26)16-4-10-21-19(12-16)25(3)23(28)14-30-21/h4-8,10,12,15H,9,11,13-14H2,1-3H3,(H,24,27). The number of benzene rings is 2. The summed E-state index contributed by atoms with van der Waals surface area (Å²) in [7, 11) is 1.64. The van der Waals surface area contributed by atoms with E-state index in [9.17, 15) is 14.4 Å². The normalized spacial score (nSPS) is 12.9. The molecule has 0 bridgehead atoms. The molecular formula is C23H26N2O5. The van der Waals surface area contributed by atoms with Gasteiger partial charge in [-0.15, -0.1) is 0 Å². The molecule has 1 aliphatic heterocycles. The fraction of sp³-hybridized carbons (Fsp3) is 0.348. The summed E-state index contributed by atoms with van der Waals surface area (Å²) >= 11 is 0. The van der Waals surface area contributed by atoms with Crippen molar-refractivity contribution < 1.29 is 23.9 Å². The second-order valence-electron chi connectivity index (χ2n) is 7.62. The molecule has 158 valence electrons. The third-order valence-corrected chi connectivity index (χ3v) is 4.67. The molecule has 0 saturated heterocycles. The van der Waals surface area contributed by atoms with E-state index < -0.39 is 0 Å². The lowest BCUT2D eigenvalue weighted by atomic mass is 10.0. The van der Waals surface area contributed by atoms with Crippen molar-refractivity contribution in [3.63, 3.8) is 0 Å². The molecule has 0 atom stereocenters. The Morgan fingerprint density at radius 2 is 1.87 bits per heavy atom. The fourth-order valence-corrected chi connectivity index (χ4v) is 2.94. The Morgan fingerprint density at radius 3 is 2.57 bits per heavy atom. The van der Waals surface area contributed by atoms with Gasteiger partial charge in [0.1, 0.15) is 11.5 Å². The minimum Gasteiger partial charge on any atom is -0.493 e. The van der Waals surface area contributed by atoms with Gasteiger partial charge in [0.2, 0.25) is 5.91 Å². The van der Waals surface area contributed by atoms with E-state index in [-0.39, 0.29) is 37.0 Å². The largest absolute Gasteiger partial charge is 0.493 e. The third-order valence-electron chi connectivity index (χ3n) is 4.67. The zero-order valence-corrected chi connectivity index (χ0v) is 17.4. The molecule has 3 rings (SSSR count). The predicted molar refractivity (Wildman–Crippen MR) is 114 cm³/mol. The van der Waals surface area contributed by atoms with Crippen LogP contribution >= 0.6 is 0 Å². The minimum absolute atomic E-state index is 0.0121. The molecule has 0 saturated carbocycles. The minimum atomic E-state index is -0.243.